The lowest BCUT2D eigenvalue weighted by molar-refractivity contribution is 0.304. The van der Waals surface area contributed by atoms with Crippen molar-refractivity contribution in [2.45, 2.75) is 6.92 Å². The van der Waals surface area contributed by atoms with E-state index in [4.69, 9.17) is 11.6 Å². The maximum Gasteiger partial charge on any atom is 0.225 e. The molecule has 0 radical (unpaired) electrons. The van der Waals surface area contributed by atoms with Crippen molar-refractivity contribution in [2.75, 3.05) is 25.1 Å². The van der Waals surface area contributed by atoms with Gasteiger partial charge in [-0.05, 0) is 36.2 Å². The van der Waals surface area contributed by atoms with Crippen molar-refractivity contribution in [2.24, 2.45) is 0 Å². The number of hydrogen-bond acceptors (Lipinski definition) is 5. The summed E-state index contributed by atoms with van der Waals surface area (Å²) in [7, 11) is 1.84. The van der Waals surface area contributed by atoms with Gasteiger partial charge in [-0.2, -0.15) is 4.98 Å². The molecule has 0 unspecified atom stereocenters. The molecular weight excluding hydrogens is 337 g/mol. The minimum Gasteiger partial charge on any atom is -0.395 e. The van der Waals surface area contributed by atoms with Crippen molar-refractivity contribution in [3.63, 3.8) is 0 Å². The number of nitrogens with zero attached hydrogens (tertiary/aromatic N) is 3. The summed E-state index contributed by atoms with van der Waals surface area (Å²) in [6, 6.07) is 6.36. The summed E-state index contributed by atoms with van der Waals surface area (Å²) in [5.74, 6) is 0.389. The van der Waals surface area contributed by atoms with Crippen molar-refractivity contribution in [1.82, 2.24) is 9.97 Å². The van der Waals surface area contributed by atoms with Crippen molar-refractivity contribution in [3.8, 4) is 11.1 Å². The number of likely N-dealkylation sites (N-methyl/N-ethyl adjacent to an activating group) is 1. The maximum atomic E-state index is 13.2. The summed E-state index contributed by atoms with van der Waals surface area (Å²) in [5, 5.41) is 10.2. The number of benzene rings is 1. The minimum atomic E-state index is -0.275. The third-order valence-corrected chi connectivity index (χ3v) is 4.78. The lowest BCUT2D eigenvalue weighted by Gasteiger charge is -2.18. The molecule has 0 aliphatic rings. The number of hydrogen-bond donors (Lipinski definition) is 1. The Morgan fingerprint density at radius 1 is 1.26 bits per heavy atom. The van der Waals surface area contributed by atoms with Gasteiger partial charge in [0.2, 0.25) is 5.28 Å². The van der Waals surface area contributed by atoms with E-state index < -0.39 is 0 Å². The van der Waals surface area contributed by atoms with Gasteiger partial charge in [-0.1, -0.05) is 12.1 Å². The molecule has 120 valence electrons. The van der Waals surface area contributed by atoms with E-state index in [0.29, 0.717) is 12.4 Å². The molecule has 2 heterocycles. The average Bonchev–Trinajstić information content (AvgIpc) is 2.83. The van der Waals surface area contributed by atoms with Crippen LogP contribution < -0.4 is 4.90 Å². The molecule has 0 saturated carbocycles. The highest BCUT2D eigenvalue weighted by Gasteiger charge is 2.20. The summed E-state index contributed by atoms with van der Waals surface area (Å²) in [6.45, 7) is 2.43. The van der Waals surface area contributed by atoms with Crippen LogP contribution in [0.4, 0.5) is 10.2 Å². The van der Waals surface area contributed by atoms with Crippen LogP contribution in [0.3, 0.4) is 0 Å². The van der Waals surface area contributed by atoms with Crippen molar-refractivity contribution in [3.05, 3.63) is 40.2 Å². The van der Waals surface area contributed by atoms with Gasteiger partial charge in [0.25, 0.3) is 0 Å². The fourth-order valence-corrected chi connectivity index (χ4v) is 3.82. The number of rotatable bonds is 4. The fourth-order valence-electron chi connectivity index (χ4n) is 2.56. The number of thiophene rings is 1. The first-order chi connectivity index (χ1) is 11.0. The Morgan fingerprint density at radius 3 is 2.61 bits per heavy atom. The molecule has 0 aliphatic carbocycles. The van der Waals surface area contributed by atoms with E-state index in [9.17, 15) is 9.50 Å². The van der Waals surface area contributed by atoms with Gasteiger partial charge >= 0.3 is 0 Å². The van der Waals surface area contributed by atoms with E-state index in [2.05, 4.69) is 9.97 Å². The second-order valence-electron chi connectivity index (χ2n) is 5.18. The van der Waals surface area contributed by atoms with E-state index in [1.165, 1.54) is 23.5 Å². The van der Waals surface area contributed by atoms with Crippen LogP contribution in [0.1, 0.15) is 4.88 Å². The van der Waals surface area contributed by atoms with Crippen LogP contribution in [0, 0.1) is 12.7 Å². The first kappa shape index (κ1) is 16.1. The summed E-state index contributed by atoms with van der Waals surface area (Å²) < 4.78 is 13.2. The predicted molar refractivity (Wildman–Crippen MR) is 92.9 cm³/mol. The smallest absolute Gasteiger partial charge is 0.225 e. The molecule has 0 atom stereocenters. The molecule has 1 aromatic carbocycles. The molecule has 23 heavy (non-hydrogen) atoms. The fraction of sp³-hybridized carbons (Fsp3) is 0.250. The second-order valence-corrected chi connectivity index (χ2v) is 6.72. The number of aliphatic hydroxyl groups is 1. The number of fused-ring (bicyclic) bond motifs is 1. The lowest BCUT2D eigenvalue weighted by Crippen LogP contribution is -2.22. The molecule has 4 nitrogen and oxygen atoms in total. The first-order valence-corrected chi connectivity index (χ1v) is 8.25. The largest absolute Gasteiger partial charge is 0.395 e. The third kappa shape index (κ3) is 3.02. The van der Waals surface area contributed by atoms with Gasteiger partial charge < -0.3 is 10.0 Å². The van der Waals surface area contributed by atoms with E-state index in [0.717, 1.165) is 26.2 Å². The zero-order chi connectivity index (χ0) is 16.6. The Balaban J connectivity index is 2.29. The molecule has 0 spiro atoms. The van der Waals surface area contributed by atoms with Gasteiger partial charge in [-0.15, -0.1) is 11.3 Å². The number of halogens is 2. The van der Waals surface area contributed by atoms with Crippen LogP contribution in [-0.2, 0) is 0 Å². The van der Waals surface area contributed by atoms with E-state index in [1.54, 1.807) is 12.1 Å². The molecule has 3 aromatic rings. The maximum absolute atomic E-state index is 13.2. The second kappa shape index (κ2) is 6.39. The highest BCUT2D eigenvalue weighted by atomic mass is 35.5. The van der Waals surface area contributed by atoms with Crippen LogP contribution in [0.15, 0.2) is 24.3 Å². The lowest BCUT2D eigenvalue weighted by atomic mass is 10.0. The molecule has 0 aliphatic heterocycles. The number of aliphatic hydroxyl groups excluding tert-OH is 1. The van der Waals surface area contributed by atoms with Crippen LogP contribution in [0.2, 0.25) is 5.28 Å². The molecule has 3 rings (SSSR count). The van der Waals surface area contributed by atoms with Crippen LogP contribution in [0.25, 0.3) is 21.3 Å². The van der Waals surface area contributed by atoms with Crippen molar-refractivity contribution in [1.29, 1.82) is 0 Å². The van der Waals surface area contributed by atoms with Crippen molar-refractivity contribution >= 4 is 39.0 Å². The Labute approximate surface area is 142 Å². The molecular formula is C16H15ClFN3OS. The van der Waals surface area contributed by atoms with E-state index in [-0.39, 0.29) is 17.7 Å². The number of anilines is 1. The third-order valence-electron chi connectivity index (χ3n) is 3.61. The van der Waals surface area contributed by atoms with Gasteiger partial charge in [-0.25, -0.2) is 9.37 Å². The van der Waals surface area contributed by atoms with Gasteiger partial charge in [0.1, 0.15) is 16.5 Å². The Kier molecular flexibility index (Phi) is 4.48. The monoisotopic (exact) mass is 351 g/mol. The highest BCUT2D eigenvalue weighted by molar-refractivity contribution is 7.19. The van der Waals surface area contributed by atoms with Gasteiger partial charge in [-0.3, -0.25) is 0 Å². The first-order valence-electron chi connectivity index (χ1n) is 7.06. The molecule has 0 amide bonds. The summed E-state index contributed by atoms with van der Waals surface area (Å²) >= 11 is 7.57. The molecule has 2 aromatic heterocycles. The van der Waals surface area contributed by atoms with Gasteiger partial charge in [0, 0.05) is 24.0 Å². The summed E-state index contributed by atoms with van der Waals surface area (Å²) in [4.78, 5) is 12.3. The van der Waals surface area contributed by atoms with E-state index >= 15 is 0 Å². The summed E-state index contributed by atoms with van der Waals surface area (Å²) in [5.41, 5.74) is 1.88. The van der Waals surface area contributed by atoms with Crippen LogP contribution in [-0.4, -0.2) is 35.3 Å². The average molecular weight is 352 g/mol. The normalized spacial score (nSPS) is 11.2. The highest BCUT2D eigenvalue weighted by Crippen LogP contribution is 2.41. The van der Waals surface area contributed by atoms with Crippen LogP contribution >= 0.6 is 22.9 Å². The molecule has 0 fully saturated rings. The molecule has 0 saturated heterocycles. The minimum absolute atomic E-state index is 0.00855. The summed E-state index contributed by atoms with van der Waals surface area (Å²) in [6.07, 6.45) is 0. The Bertz CT molecular complexity index is 851. The SMILES string of the molecule is Cc1sc2nc(Cl)nc(N(C)CCO)c2c1-c1ccc(F)cc1. The molecule has 7 heteroatoms. The zero-order valence-electron chi connectivity index (χ0n) is 12.7. The quantitative estimate of drug-likeness (QED) is 0.724. The predicted octanol–water partition coefficient (Wildman–Crippen LogP) is 3.89. The van der Waals surface area contributed by atoms with Crippen molar-refractivity contribution < 1.29 is 9.50 Å². The molecule has 0 bridgehead atoms. The number of aryl methyl sites for hydroxylation is 1. The topological polar surface area (TPSA) is 49.2 Å². The van der Waals surface area contributed by atoms with Crippen LogP contribution in [0.5, 0.6) is 0 Å². The van der Waals surface area contributed by atoms with E-state index in [1.807, 2.05) is 18.9 Å². The molecule has 1 N–H and O–H groups in total. The standard InChI is InChI=1S/C16H15ClFN3OS/c1-9-12(10-3-5-11(18)6-4-10)13-14(21(2)7-8-22)19-16(17)20-15(13)23-9/h3-6,22H,7-8H2,1-2H3. The van der Waals surface area contributed by atoms with Gasteiger partial charge in [0.05, 0.1) is 12.0 Å². The van der Waals surface area contributed by atoms with Gasteiger partial charge in [0.15, 0.2) is 0 Å². The Morgan fingerprint density at radius 2 is 1.96 bits per heavy atom. The number of aromatic nitrogens is 2. The Hall–Kier alpha value is -1.76. The zero-order valence-corrected chi connectivity index (χ0v) is 14.2.